The van der Waals surface area contributed by atoms with Crippen molar-refractivity contribution in [2.75, 3.05) is 13.2 Å². The molecule has 1 aromatic rings. The molecule has 0 aliphatic carbocycles. The molecule has 1 aromatic carbocycles. The van der Waals surface area contributed by atoms with Crippen LogP contribution in [0.1, 0.15) is 19.4 Å². The van der Waals surface area contributed by atoms with E-state index in [0.29, 0.717) is 13.1 Å². The van der Waals surface area contributed by atoms with Crippen LogP contribution in [0.5, 0.6) is 0 Å². The van der Waals surface area contributed by atoms with Crippen LogP contribution >= 0.6 is 11.6 Å². The molecule has 18 heavy (non-hydrogen) atoms. The Morgan fingerprint density at radius 1 is 1.50 bits per heavy atom. The van der Waals surface area contributed by atoms with Crippen LogP contribution in [0.3, 0.4) is 0 Å². The number of benzene rings is 1. The Morgan fingerprint density at radius 3 is 2.72 bits per heavy atom. The Labute approximate surface area is 111 Å². The predicted molar refractivity (Wildman–Crippen MR) is 70.7 cm³/mol. The average Bonchev–Trinajstić information content (AvgIpc) is 2.31. The number of nitrogens with one attached hydrogen (secondary N) is 1. The van der Waals surface area contributed by atoms with E-state index in [4.69, 9.17) is 16.7 Å². The number of aliphatic hydroxyl groups is 1. The lowest BCUT2D eigenvalue weighted by atomic mass is 9.95. The van der Waals surface area contributed by atoms with Crippen molar-refractivity contribution in [1.29, 1.82) is 0 Å². The van der Waals surface area contributed by atoms with Crippen LogP contribution in [-0.4, -0.2) is 23.2 Å². The molecule has 0 aliphatic heterocycles. The van der Waals surface area contributed by atoms with Crippen LogP contribution in [0, 0.1) is 15.5 Å². The standard InChI is InChI=1S/C12H17ClN2O3/c1-12(2,8-16)7-14-6-9-3-4-10(13)11(5-9)15(17)18/h3-5,14,16H,6-8H2,1-2H3. The third kappa shape index (κ3) is 4.25. The van der Waals surface area contributed by atoms with Crippen molar-refractivity contribution in [3.8, 4) is 0 Å². The predicted octanol–water partition coefficient (Wildman–Crippen LogP) is 2.36. The maximum absolute atomic E-state index is 10.7. The van der Waals surface area contributed by atoms with Crippen molar-refractivity contribution in [3.05, 3.63) is 38.9 Å². The highest BCUT2D eigenvalue weighted by Gasteiger charge is 2.16. The van der Waals surface area contributed by atoms with E-state index in [0.717, 1.165) is 5.56 Å². The highest BCUT2D eigenvalue weighted by Crippen LogP contribution is 2.25. The van der Waals surface area contributed by atoms with Crippen molar-refractivity contribution >= 4 is 17.3 Å². The summed E-state index contributed by atoms with van der Waals surface area (Å²) in [5.74, 6) is 0. The molecule has 6 heteroatoms. The van der Waals surface area contributed by atoms with Gasteiger partial charge in [-0.05, 0) is 11.6 Å². The first kappa shape index (κ1) is 14.9. The first-order valence-corrected chi connectivity index (χ1v) is 5.98. The zero-order chi connectivity index (χ0) is 13.8. The van der Waals surface area contributed by atoms with Gasteiger partial charge in [0.15, 0.2) is 0 Å². The fourth-order valence-electron chi connectivity index (χ4n) is 1.41. The van der Waals surface area contributed by atoms with E-state index in [9.17, 15) is 10.1 Å². The zero-order valence-electron chi connectivity index (χ0n) is 10.4. The quantitative estimate of drug-likeness (QED) is 0.616. The van der Waals surface area contributed by atoms with Crippen LogP contribution in [0.25, 0.3) is 0 Å². The Kier molecular flexibility index (Phi) is 5.07. The van der Waals surface area contributed by atoms with Gasteiger partial charge in [0.1, 0.15) is 5.02 Å². The molecule has 0 fully saturated rings. The third-order valence-electron chi connectivity index (χ3n) is 2.57. The molecule has 0 saturated carbocycles. The number of hydrogen-bond donors (Lipinski definition) is 2. The van der Waals surface area contributed by atoms with Crippen LogP contribution in [0.15, 0.2) is 18.2 Å². The minimum absolute atomic E-state index is 0.0841. The van der Waals surface area contributed by atoms with Gasteiger partial charge in [0, 0.05) is 31.2 Å². The highest BCUT2D eigenvalue weighted by atomic mass is 35.5. The summed E-state index contributed by atoms with van der Waals surface area (Å²) < 4.78 is 0. The zero-order valence-corrected chi connectivity index (χ0v) is 11.2. The van der Waals surface area contributed by atoms with Crippen LogP contribution in [0.4, 0.5) is 5.69 Å². The van der Waals surface area contributed by atoms with Gasteiger partial charge in [-0.25, -0.2) is 0 Å². The summed E-state index contributed by atoms with van der Waals surface area (Å²) in [5, 5.41) is 23.1. The number of halogens is 1. The van der Waals surface area contributed by atoms with Gasteiger partial charge in [-0.3, -0.25) is 10.1 Å². The molecule has 0 aliphatic rings. The SMILES string of the molecule is CC(C)(CO)CNCc1ccc(Cl)c([N+](=O)[O-])c1. The van der Waals surface area contributed by atoms with Crippen LogP contribution < -0.4 is 5.32 Å². The summed E-state index contributed by atoms with van der Waals surface area (Å²) in [5.41, 5.74) is 0.496. The van der Waals surface area contributed by atoms with E-state index < -0.39 is 4.92 Å². The van der Waals surface area contributed by atoms with Crippen molar-refractivity contribution in [2.24, 2.45) is 5.41 Å². The number of nitro benzene ring substituents is 1. The molecular weight excluding hydrogens is 256 g/mol. The minimum atomic E-state index is -0.497. The van der Waals surface area contributed by atoms with Crippen molar-refractivity contribution < 1.29 is 10.0 Å². The monoisotopic (exact) mass is 272 g/mol. The van der Waals surface area contributed by atoms with E-state index in [2.05, 4.69) is 5.32 Å². The first-order chi connectivity index (χ1) is 8.35. The molecule has 0 amide bonds. The lowest BCUT2D eigenvalue weighted by molar-refractivity contribution is -0.384. The van der Waals surface area contributed by atoms with Gasteiger partial charge < -0.3 is 10.4 Å². The molecule has 5 nitrogen and oxygen atoms in total. The second-order valence-electron chi connectivity index (χ2n) is 4.97. The normalized spacial score (nSPS) is 11.6. The van der Waals surface area contributed by atoms with E-state index in [1.54, 1.807) is 6.07 Å². The summed E-state index contributed by atoms with van der Waals surface area (Å²) in [6.07, 6.45) is 0. The van der Waals surface area contributed by atoms with Crippen molar-refractivity contribution in [2.45, 2.75) is 20.4 Å². The molecule has 0 radical (unpaired) electrons. The molecule has 0 aromatic heterocycles. The molecule has 0 saturated heterocycles. The number of hydrogen-bond acceptors (Lipinski definition) is 4. The molecule has 0 bridgehead atoms. The van der Waals surface area contributed by atoms with Gasteiger partial charge in [-0.1, -0.05) is 31.5 Å². The Balaban J connectivity index is 2.64. The van der Waals surface area contributed by atoms with Crippen LogP contribution in [0.2, 0.25) is 5.02 Å². The summed E-state index contributed by atoms with van der Waals surface area (Å²) in [4.78, 5) is 10.2. The molecule has 0 atom stereocenters. The van der Waals surface area contributed by atoms with Crippen LogP contribution in [-0.2, 0) is 6.54 Å². The number of rotatable bonds is 6. The first-order valence-electron chi connectivity index (χ1n) is 5.60. The summed E-state index contributed by atoms with van der Waals surface area (Å²) in [7, 11) is 0. The Morgan fingerprint density at radius 2 is 2.17 bits per heavy atom. The Bertz CT molecular complexity index is 435. The summed E-state index contributed by atoms with van der Waals surface area (Å²) in [6.45, 7) is 5.08. The van der Waals surface area contributed by atoms with E-state index in [-0.39, 0.29) is 22.7 Å². The van der Waals surface area contributed by atoms with E-state index in [1.165, 1.54) is 12.1 Å². The summed E-state index contributed by atoms with van der Waals surface area (Å²) >= 11 is 5.73. The second-order valence-corrected chi connectivity index (χ2v) is 5.38. The molecule has 100 valence electrons. The van der Waals surface area contributed by atoms with Gasteiger partial charge in [0.05, 0.1) is 4.92 Å². The van der Waals surface area contributed by atoms with Gasteiger partial charge in [0.2, 0.25) is 0 Å². The number of nitrogens with zero attached hydrogens (tertiary/aromatic N) is 1. The molecule has 0 unspecified atom stereocenters. The maximum atomic E-state index is 10.7. The number of aliphatic hydroxyl groups excluding tert-OH is 1. The van der Waals surface area contributed by atoms with Crippen molar-refractivity contribution in [1.82, 2.24) is 5.32 Å². The lowest BCUT2D eigenvalue weighted by Crippen LogP contribution is -2.31. The summed E-state index contributed by atoms with van der Waals surface area (Å²) in [6, 6.07) is 4.73. The fourth-order valence-corrected chi connectivity index (χ4v) is 1.60. The van der Waals surface area contributed by atoms with E-state index >= 15 is 0 Å². The average molecular weight is 273 g/mol. The smallest absolute Gasteiger partial charge is 0.288 e. The fraction of sp³-hybridized carbons (Fsp3) is 0.500. The van der Waals surface area contributed by atoms with E-state index in [1.807, 2.05) is 13.8 Å². The molecule has 0 spiro atoms. The second kappa shape index (κ2) is 6.13. The molecule has 0 heterocycles. The minimum Gasteiger partial charge on any atom is -0.396 e. The maximum Gasteiger partial charge on any atom is 0.288 e. The lowest BCUT2D eigenvalue weighted by Gasteiger charge is -2.21. The van der Waals surface area contributed by atoms with Gasteiger partial charge >= 0.3 is 0 Å². The van der Waals surface area contributed by atoms with Gasteiger partial charge in [-0.15, -0.1) is 0 Å². The Hall–Kier alpha value is -1.17. The van der Waals surface area contributed by atoms with Crippen molar-refractivity contribution in [3.63, 3.8) is 0 Å². The largest absolute Gasteiger partial charge is 0.396 e. The number of nitro groups is 1. The molecular formula is C12H17ClN2O3. The van der Waals surface area contributed by atoms with Gasteiger partial charge in [0.25, 0.3) is 5.69 Å². The molecule has 2 N–H and O–H groups in total. The third-order valence-corrected chi connectivity index (χ3v) is 2.89. The highest BCUT2D eigenvalue weighted by molar-refractivity contribution is 6.32. The topological polar surface area (TPSA) is 75.4 Å². The van der Waals surface area contributed by atoms with Gasteiger partial charge in [-0.2, -0.15) is 0 Å². The molecule has 1 rings (SSSR count).